The summed E-state index contributed by atoms with van der Waals surface area (Å²) in [5.41, 5.74) is -0.592. The average molecular weight is 499 g/mol. The molecule has 0 fully saturated rings. The number of carbonyl (C=O) groups excluding carboxylic acids is 4. The summed E-state index contributed by atoms with van der Waals surface area (Å²) in [6.07, 6.45) is 0. The highest BCUT2D eigenvalue weighted by molar-refractivity contribution is 6.45. The van der Waals surface area contributed by atoms with Gasteiger partial charge in [-0.3, -0.25) is 14.4 Å². The van der Waals surface area contributed by atoms with Crippen molar-refractivity contribution in [2.24, 2.45) is 5.41 Å². The largest absolute Gasteiger partial charge is 0.496 e. The van der Waals surface area contributed by atoms with E-state index < -0.39 is 29.8 Å². The Labute approximate surface area is 199 Å². The Morgan fingerprint density at radius 2 is 1.44 bits per heavy atom. The standard InChI is InChI=1S/C22H18Cl3NO6/c1-22(2,3)18(27)9-32-21(30)12-7-15(25)16(8-17(12)31-4)26-19(28)10-5-13(23)14(24)6-11(10)20(26)29/h5-8H,9H2,1-4H3. The quantitative estimate of drug-likeness (QED) is 0.414. The van der Waals surface area contributed by atoms with Crippen molar-refractivity contribution in [3.05, 3.63) is 56.0 Å². The number of imide groups is 1. The first-order chi connectivity index (χ1) is 14.9. The van der Waals surface area contributed by atoms with Crippen molar-refractivity contribution in [3.8, 4) is 5.75 Å². The fourth-order valence-electron chi connectivity index (χ4n) is 2.92. The summed E-state index contributed by atoms with van der Waals surface area (Å²) in [7, 11) is 1.30. The van der Waals surface area contributed by atoms with Crippen molar-refractivity contribution < 1.29 is 28.7 Å². The number of ketones is 1. The molecule has 0 bridgehead atoms. The number of halogens is 3. The van der Waals surface area contributed by atoms with Crippen LogP contribution in [0.5, 0.6) is 5.75 Å². The maximum absolute atomic E-state index is 12.9. The van der Waals surface area contributed by atoms with E-state index in [2.05, 4.69) is 0 Å². The van der Waals surface area contributed by atoms with Gasteiger partial charge in [-0.2, -0.15) is 0 Å². The maximum Gasteiger partial charge on any atom is 0.342 e. The first kappa shape index (κ1) is 24.0. The zero-order chi connectivity index (χ0) is 24.0. The molecule has 3 rings (SSSR count). The maximum atomic E-state index is 12.9. The normalized spacial score (nSPS) is 13.3. The molecular formula is C22H18Cl3NO6. The second-order valence-corrected chi connectivity index (χ2v) is 9.23. The zero-order valence-electron chi connectivity index (χ0n) is 17.5. The lowest BCUT2D eigenvalue weighted by Crippen LogP contribution is -2.30. The van der Waals surface area contributed by atoms with Crippen molar-refractivity contribution in [2.75, 3.05) is 18.6 Å². The van der Waals surface area contributed by atoms with E-state index in [1.807, 2.05) is 0 Å². The van der Waals surface area contributed by atoms with Gasteiger partial charge in [0.05, 0.1) is 39.0 Å². The predicted octanol–water partition coefficient (Wildman–Crippen LogP) is 5.23. The molecule has 1 aliphatic rings. The number of esters is 1. The molecule has 0 atom stereocenters. The summed E-state index contributed by atoms with van der Waals surface area (Å²) < 4.78 is 10.3. The van der Waals surface area contributed by atoms with E-state index in [0.717, 1.165) is 4.90 Å². The number of Topliss-reactive ketones (excluding diaryl/α,β-unsaturated/α-hetero) is 1. The molecule has 0 aliphatic carbocycles. The number of anilines is 1. The number of nitrogens with zero attached hydrogens (tertiary/aromatic N) is 1. The topological polar surface area (TPSA) is 90.0 Å². The monoisotopic (exact) mass is 497 g/mol. The Kier molecular flexibility index (Phi) is 6.56. The Morgan fingerprint density at radius 3 is 1.91 bits per heavy atom. The van der Waals surface area contributed by atoms with Crippen LogP contribution in [0.4, 0.5) is 5.69 Å². The number of ether oxygens (including phenoxy) is 2. The molecule has 32 heavy (non-hydrogen) atoms. The van der Waals surface area contributed by atoms with E-state index >= 15 is 0 Å². The van der Waals surface area contributed by atoms with Crippen molar-refractivity contribution in [2.45, 2.75) is 20.8 Å². The molecule has 1 aliphatic heterocycles. The van der Waals surface area contributed by atoms with Crippen LogP contribution in [0.3, 0.4) is 0 Å². The minimum Gasteiger partial charge on any atom is -0.496 e. The predicted molar refractivity (Wildman–Crippen MR) is 120 cm³/mol. The minimum absolute atomic E-state index is 0.00396. The van der Waals surface area contributed by atoms with Gasteiger partial charge in [0.2, 0.25) is 0 Å². The SMILES string of the molecule is COc1cc(N2C(=O)c3cc(Cl)c(Cl)cc3C2=O)c(Cl)cc1C(=O)OCC(=O)C(C)(C)C. The fourth-order valence-corrected chi connectivity index (χ4v) is 3.50. The summed E-state index contributed by atoms with van der Waals surface area (Å²) in [5.74, 6) is -2.41. The van der Waals surface area contributed by atoms with Crippen LogP contribution in [0.2, 0.25) is 15.1 Å². The van der Waals surface area contributed by atoms with Crippen molar-refractivity contribution in [1.29, 1.82) is 0 Å². The molecule has 0 saturated carbocycles. The lowest BCUT2D eigenvalue weighted by molar-refractivity contribution is -0.129. The summed E-state index contributed by atoms with van der Waals surface area (Å²) in [6, 6.07) is 5.10. The highest BCUT2D eigenvalue weighted by Crippen LogP contribution is 2.39. The molecular weight excluding hydrogens is 481 g/mol. The molecule has 2 aromatic carbocycles. The minimum atomic E-state index is -0.839. The number of amides is 2. The number of rotatable bonds is 5. The first-order valence-electron chi connectivity index (χ1n) is 9.32. The lowest BCUT2D eigenvalue weighted by atomic mass is 9.91. The molecule has 0 radical (unpaired) electrons. The second kappa shape index (κ2) is 8.73. The second-order valence-electron chi connectivity index (χ2n) is 8.01. The van der Waals surface area contributed by atoms with Crippen LogP contribution in [0.1, 0.15) is 51.8 Å². The van der Waals surface area contributed by atoms with Crippen molar-refractivity contribution in [3.63, 3.8) is 0 Å². The molecule has 168 valence electrons. The number of hydrogen-bond acceptors (Lipinski definition) is 6. The average Bonchev–Trinajstić information content (AvgIpc) is 2.95. The van der Waals surface area contributed by atoms with Crippen LogP contribution >= 0.6 is 34.8 Å². The summed E-state index contributed by atoms with van der Waals surface area (Å²) in [5, 5.41) is 0.173. The van der Waals surface area contributed by atoms with Gasteiger partial charge in [-0.05, 0) is 18.2 Å². The highest BCUT2D eigenvalue weighted by atomic mass is 35.5. The van der Waals surface area contributed by atoms with E-state index in [-0.39, 0.29) is 49.0 Å². The van der Waals surface area contributed by atoms with Gasteiger partial charge in [0.25, 0.3) is 11.8 Å². The van der Waals surface area contributed by atoms with Gasteiger partial charge in [-0.15, -0.1) is 0 Å². The molecule has 0 unspecified atom stereocenters. The van der Waals surface area contributed by atoms with Gasteiger partial charge in [-0.1, -0.05) is 55.6 Å². The van der Waals surface area contributed by atoms with Gasteiger partial charge >= 0.3 is 5.97 Å². The molecule has 0 N–H and O–H groups in total. The van der Waals surface area contributed by atoms with Gasteiger partial charge in [0.1, 0.15) is 11.3 Å². The van der Waals surface area contributed by atoms with Crippen molar-refractivity contribution in [1.82, 2.24) is 0 Å². The van der Waals surface area contributed by atoms with E-state index in [1.165, 1.54) is 31.4 Å². The fraction of sp³-hybridized carbons (Fsp3) is 0.273. The first-order valence-corrected chi connectivity index (χ1v) is 10.5. The Balaban J connectivity index is 1.95. The number of methoxy groups -OCH3 is 1. The molecule has 2 amide bonds. The third kappa shape index (κ3) is 4.33. The number of benzene rings is 2. The highest BCUT2D eigenvalue weighted by Gasteiger charge is 2.39. The number of fused-ring (bicyclic) bond motifs is 1. The van der Waals surface area contributed by atoms with Crippen LogP contribution in [-0.4, -0.2) is 37.3 Å². The summed E-state index contributed by atoms with van der Waals surface area (Å²) in [4.78, 5) is 51.2. The van der Waals surface area contributed by atoms with E-state index in [9.17, 15) is 19.2 Å². The molecule has 0 aromatic heterocycles. The van der Waals surface area contributed by atoms with Gasteiger partial charge < -0.3 is 9.47 Å². The molecule has 2 aromatic rings. The molecule has 7 nitrogen and oxygen atoms in total. The van der Waals surface area contributed by atoms with E-state index in [4.69, 9.17) is 44.3 Å². The van der Waals surface area contributed by atoms with E-state index in [1.54, 1.807) is 20.8 Å². The Hall–Kier alpha value is -2.61. The molecule has 10 heteroatoms. The van der Waals surface area contributed by atoms with Crippen LogP contribution in [0.25, 0.3) is 0 Å². The third-order valence-electron chi connectivity index (χ3n) is 4.83. The van der Waals surface area contributed by atoms with Gasteiger partial charge in [0, 0.05) is 11.5 Å². The van der Waals surface area contributed by atoms with Gasteiger partial charge in [0.15, 0.2) is 12.4 Å². The van der Waals surface area contributed by atoms with Crippen LogP contribution in [0.15, 0.2) is 24.3 Å². The van der Waals surface area contributed by atoms with Crippen LogP contribution < -0.4 is 9.64 Å². The smallest absolute Gasteiger partial charge is 0.342 e. The summed E-state index contributed by atoms with van der Waals surface area (Å²) in [6.45, 7) is 4.69. The van der Waals surface area contributed by atoms with Crippen molar-refractivity contribution >= 4 is 64.1 Å². The van der Waals surface area contributed by atoms with E-state index in [0.29, 0.717) is 0 Å². The third-order valence-corrected chi connectivity index (χ3v) is 5.85. The van der Waals surface area contributed by atoms with Crippen LogP contribution in [0, 0.1) is 5.41 Å². The Bertz CT molecular complexity index is 1130. The summed E-state index contributed by atoms with van der Waals surface area (Å²) >= 11 is 18.3. The number of hydrogen-bond donors (Lipinski definition) is 0. The molecule has 1 heterocycles. The molecule has 0 saturated heterocycles. The number of carbonyl (C=O) groups is 4. The van der Waals surface area contributed by atoms with Crippen LogP contribution in [-0.2, 0) is 9.53 Å². The van der Waals surface area contributed by atoms with Gasteiger partial charge in [-0.25, -0.2) is 9.69 Å². The Morgan fingerprint density at radius 1 is 0.906 bits per heavy atom. The molecule has 0 spiro atoms. The lowest BCUT2D eigenvalue weighted by Gasteiger charge is -2.19. The zero-order valence-corrected chi connectivity index (χ0v) is 19.8.